The predicted octanol–water partition coefficient (Wildman–Crippen LogP) is 2.24. The van der Waals surface area contributed by atoms with E-state index in [0.717, 1.165) is 0 Å². The Balaban J connectivity index is 2.47. The van der Waals surface area contributed by atoms with Crippen LogP contribution in [0.15, 0.2) is 30.6 Å². The predicted molar refractivity (Wildman–Crippen MR) is 82.9 cm³/mol. The van der Waals surface area contributed by atoms with Crippen LogP contribution in [-0.4, -0.2) is 48.8 Å². The summed E-state index contributed by atoms with van der Waals surface area (Å²) in [7, 11) is 4.67. The highest BCUT2D eigenvalue weighted by molar-refractivity contribution is 5.98. The molecule has 0 saturated heterocycles. The zero-order chi connectivity index (χ0) is 16.8. The Morgan fingerprint density at radius 1 is 1.26 bits per heavy atom. The van der Waals surface area contributed by atoms with Crippen molar-refractivity contribution in [1.82, 2.24) is 14.9 Å². The first kappa shape index (κ1) is 16.5. The largest absolute Gasteiger partial charge is 0.496 e. The monoisotopic (exact) mass is 320 g/mol. The molecule has 0 aliphatic heterocycles. The van der Waals surface area contributed by atoms with Gasteiger partial charge in [0.1, 0.15) is 11.5 Å². The van der Waals surface area contributed by atoms with Crippen molar-refractivity contribution in [3.63, 3.8) is 0 Å². The summed E-state index contributed by atoms with van der Waals surface area (Å²) in [6, 6.07) is 4.63. The van der Waals surface area contributed by atoms with Gasteiger partial charge in [-0.3, -0.25) is 4.79 Å². The van der Waals surface area contributed by atoms with Gasteiger partial charge in [0.2, 0.25) is 12.8 Å². The molecular formula is C15H17FN4O3. The molecule has 8 heteroatoms. The minimum atomic E-state index is -1.04. The van der Waals surface area contributed by atoms with Crippen molar-refractivity contribution >= 4 is 17.5 Å². The Morgan fingerprint density at radius 2 is 1.96 bits per heavy atom. The van der Waals surface area contributed by atoms with Gasteiger partial charge in [-0.05, 0) is 12.1 Å². The molecule has 0 bridgehead atoms. The fourth-order valence-electron chi connectivity index (χ4n) is 1.90. The van der Waals surface area contributed by atoms with Crippen LogP contribution in [0.1, 0.15) is 10.4 Å². The lowest BCUT2D eigenvalue weighted by Crippen LogP contribution is -2.22. The number of alkyl halides is 1. The number of aromatic nitrogens is 2. The first-order valence-electron chi connectivity index (χ1n) is 6.73. The van der Waals surface area contributed by atoms with Crippen molar-refractivity contribution in [1.29, 1.82) is 0 Å². The Kier molecular flexibility index (Phi) is 5.29. The first-order valence-corrected chi connectivity index (χ1v) is 6.73. The SMILES string of the molecule is COc1cc(Nc2ncccn2)c(OCF)cc1C(=O)N(C)C. The zero-order valence-corrected chi connectivity index (χ0v) is 13.0. The molecule has 0 radical (unpaired) electrons. The van der Waals surface area contributed by atoms with Crippen LogP contribution in [0.4, 0.5) is 16.0 Å². The zero-order valence-electron chi connectivity index (χ0n) is 13.0. The molecule has 1 amide bonds. The van der Waals surface area contributed by atoms with Gasteiger partial charge in [-0.15, -0.1) is 0 Å². The molecule has 0 aliphatic carbocycles. The van der Waals surface area contributed by atoms with Crippen molar-refractivity contribution in [3.8, 4) is 11.5 Å². The highest BCUT2D eigenvalue weighted by atomic mass is 19.1. The number of methoxy groups -OCH3 is 1. The quantitative estimate of drug-likeness (QED) is 0.879. The number of carbonyl (C=O) groups is 1. The van der Waals surface area contributed by atoms with Gasteiger partial charge >= 0.3 is 0 Å². The van der Waals surface area contributed by atoms with Gasteiger partial charge in [-0.1, -0.05) is 0 Å². The normalized spacial score (nSPS) is 10.1. The summed E-state index contributed by atoms with van der Waals surface area (Å²) in [5.41, 5.74) is 0.654. The summed E-state index contributed by atoms with van der Waals surface area (Å²) in [4.78, 5) is 21.7. The van der Waals surface area contributed by atoms with Gasteiger partial charge < -0.3 is 19.7 Å². The van der Waals surface area contributed by atoms with Crippen molar-refractivity contribution in [3.05, 3.63) is 36.2 Å². The van der Waals surface area contributed by atoms with Gasteiger partial charge in [-0.25, -0.2) is 14.4 Å². The van der Waals surface area contributed by atoms with E-state index >= 15 is 0 Å². The van der Waals surface area contributed by atoms with Crippen LogP contribution < -0.4 is 14.8 Å². The molecule has 7 nitrogen and oxygen atoms in total. The average molecular weight is 320 g/mol. The maximum Gasteiger partial charge on any atom is 0.257 e. The Morgan fingerprint density at radius 3 is 2.52 bits per heavy atom. The highest BCUT2D eigenvalue weighted by Crippen LogP contribution is 2.35. The topological polar surface area (TPSA) is 76.6 Å². The standard InChI is InChI=1S/C15H17FN4O3/c1-20(2)14(21)10-7-13(23-9-16)11(8-12(10)22-3)19-15-17-5-4-6-18-15/h4-8H,9H2,1-3H3,(H,17,18,19). The third-order valence-corrected chi connectivity index (χ3v) is 2.96. The summed E-state index contributed by atoms with van der Waals surface area (Å²) in [6.07, 6.45) is 3.12. The van der Waals surface area contributed by atoms with Gasteiger partial charge in [0, 0.05) is 32.6 Å². The number of benzene rings is 1. The molecule has 2 aromatic rings. The molecule has 0 atom stereocenters. The maximum absolute atomic E-state index is 12.7. The number of rotatable bonds is 6. The Labute approximate surface area is 133 Å². The summed E-state index contributed by atoms with van der Waals surface area (Å²) < 4.78 is 22.9. The van der Waals surface area contributed by atoms with E-state index in [1.807, 2.05) is 0 Å². The number of carbonyl (C=O) groups excluding carboxylic acids is 1. The van der Waals surface area contributed by atoms with Crippen molar-refractivity contribution in [2.24, 2.45) is 0 Å². The van der Waals surface area contributed by atoms with E-state index in [1.165, 1.54) is 24.1 Å². The molecule has 0 spiro atoms. The fourth-order valence-corrected chi connectivity index (χ4v) is 1.90. The smallest absolute Gasteiger partial charge is 0.257 e. The summed E-state index contributed by atoms with van der Waals surface area (Å²) in [5.74, 6) is 0.511. The van der Waals surface area contributed by atoms with Crippen LogP contribution in [0.5, 0.6) is 11.5 Å². The molecule has 1 heterocycles. The van der Waals surface area contributed by atoms with Crippen LogP contribution in [0.25, 0.3) is 0 Å². The molecule has 0 aliphatic rings. The lowest BCUT2D eigenvalue weighted by Gasteiger charge is -2.17. The van der Waals surface area contributed by atoms with E-state index in [-0.39, 0.29) is 17.2 Å². The number of amides is 1. The lowest BCUT2D eigenvalue weighted by molar-refractivity contribution is 0.0823. The van der Waals surface area contributed by atoms with Gasteiger partial charge in [0.25, 0.3) is 5.91 Å². The minimum absolute atomic E-state index is 0.158. The second-order valence-electron chi connectivity index (χ2n) is 4.70. The van der Waals surface area contributed by atoms with E-state index in [0.29, 0.717) is 17.4 Å². The van der Waals surface area contributed by atoms with Gasteiger partial charge in [0.15, 0.2) is 0 Å². The highest BCUT2D eigenvalue weighted by Gasteiger charge is 2.19. The van der Waals surface area contributed by atoms with E-state index in [2.05, 4.69) is 15.3 Å². The van der Waals surface area contributed by atoms with Gasteiger partial charge in [0.05, 0.1) is 18.4 Å². The van der Waals surface area contributed by atoms with Crippen LogP contribution in [0.3, 0.4) is 0 Å². The van der Waals surface area contributed by atoms with Crippen molar-refractivity contribution < 1.29 is 18.7 Å². The second kappa shape index (κ2) is 7.39. The third-order valence-electron chi connectivity index (χ3n) is 2.96. The maximum atomic E-state index is 12.7. The minimum Gasteiger partial charge on any atom is -0.496 e. The summed E-state index contributed by atoms with van der Waals surface area (Å²) >= 11 is 0. The lowest BCUT2D eigenvalue weighted by atomic mass is 10.1. The number of hydrogen-bond acceptors (Lipinski definition) is 6. The summed E-state index contributed by atoms with van der Waals surface area (Å²) in [6.45, 7) is -1.04. The number of ether oxygens (including phenoxy) is 2. The molecule has 122 valence electrons. The number of nitrogens with zero attached hydrogens (tertiary/aromatic N) is 3. The molecule has 1 aromatic heterocycles. The average Bonchev–Trinajstić information content (AvgIpc) is 2.56. The number of hydrogen-bond donors (Lipinski definition) is 1. The number of anilines is 2. The van der Waals surface area contributed by atoms with E-state index in [4.69, 9.17) is 9.47 Å². The van der Waals surface area contributed by atoms with Gasteiger partial charge in [-0.2, -0.15) is 0 Å². The van der Waals surface area contributed by atoms with Crippen LogP contribution in [-0.2, 0) is 0 Å². The Bertz CT molecular complexity index is 680. The summed E-state index contributed by atoms with van der Waals surface area (Å²) in [5, 5.41) is 2.91. The Hall–Kier alpha value is -2.90. The molecule has 0 unspecified atom stereocenters. The molecule has 23 heavy (non-hydrogen) atoms. The van der Waals surface area contributed by atoms with E-state index < -0.39 is 6.86 Å². The van der Waals surface area contributed by atoms with E-state index in [9.17, 15) is 9.18 Å². The second-order valence-corrected chi connectivity index (χ2v) is 4.70. The fraction of sp³-hybridized carbons (Fsp3) is 0.267. The van der Waals surface area contributed by atoms with E-state index in [1.54, 1.807) is 32.6 Å². The number of nitrogens with one attached hydrogen (secondary N) is 1. The van der Waals surface area contributed by atoms with Crippen LogP contribution in [0.2, 0.25) is 0 Å². The number of halogens is 1. The van der Waals surface area contributed by atoms with Crippen LogP contribution in [0, 0.1) is 0 Å². The van der Waals surface area contributed by atoms with Crippen LogP contribution >= 0.6 is 0 Å². The van der Waals surface area contributed by atoms with Crippen molar-refractivity contribution in [2.45, 2.75) is 0 Å². The molecule has 0 fully saturated rings. The third kappa shape index (κ3) is 3.85. The first-order chi connectivity index (χ1) is 11.1. The molecular weight excluding hydrogens is 303 g/mol. The molecule has 2 rings (SSSR count). The van der Waals surface area contributed by atoms with Crippen molar-refractivity contribution in [2.75, 3.05) is 33.4 Å². The molecule has 1 aromatic carbocycles. The molecule has 1 N–H and O–H groups in total. The molecule has 0 saturated carbocycles.